The summed E-state index contributed by atoms with van der Waals surface area (Å²) in [4.78, 5) is 0. The van der Waals surface area contributed by atoms with Crippen LogP contribution in [0.15, 0.2) is 23.9 Å². The quantitative estimate of drug-likeness (QED) is 0.695. The van der Waals surface area contributed by atoms with Crippen LogP contribution in [0.1, 0.15) is 18.9 Å². The lowest BCUT2D eigenvalue weighted by atomic mass is 10.4. The maximum absolute atomic E-state index is 12.3. The summed E-state index contributed by atoms with van der Waals surface area (Å²) in [6.07, 6.45) is 3.73. The first kappa shape index (κ1) is 13.9. The molecule has 6 nitrogen and oxygen atoms in total. The van der Waals surface area contributed by atoms with Crippen molar-refractivity contribution in [2.45, 2.75) is 24.9 Å². The van der Waals surface area contributed by atoms with Gasteiger partial charge in [-0.3, -0.25) is 5.10 Å². The van der Waals surface area contributed by atoms with Crippen molar-refractivity contribution in [1.29, 1.82) is 0 Å². The van der Waals surface area contributed by atoms with Crippen LogP contribution in [0.2, 0.25) is 0 Å². The molecule has 0 amide bonds. The van der Waals surface area contributed by atoms with E-state index in [4.69, 9.17) is 5.73 Å². The second-order valence-electron chi connectivity index (χ2n) is 3.58. The van der Waals surface area contributed by atoms with Gasteiger partial charge in [0, 0.05) is 25.2 Å². The first-order chi connectivity index (χ1) is 8.07. The van der Waals surface area contributed by atoms with Gasteiger partial charge < -0.3 is 5.73 Å². The number of H-pyrrole nitrogens is 1. The zero-order valence-corrected chi connectivity index (χ0v) is 10.7. The molecule has 0 saturated carbocycles. The van der Waals surface area contributed by atoms with Crippen LogP contribution in [0.5, 0.6) is 0 Å². The maximum Gasteiger partial charge on any atom is 0.260 e. The molecule has 96 valence electrons. The topological polar surface area (TPSA) is 92.1 Å². The minimum absolute atomic E-state index is 0.0790. The Bertz CT molecular complexity index is 466. The van der Waals surface area contributed by atoms with Crippen LogP contribution in [0.4, 0.5) is 0 Å². The minimum atomic E-state index is -3.56. The van der Waals surface area contributed by atoms with Gasteiger partial charge in [0.2, 0.25) is 0 Å². The number of hydrogen-bond acceptors (Lipinski definition) is 4. The highest BCUT2D eigenvalue weighted by Gasteiger charge is 2.26. The van der Waals surface area contributed by atoms with E-state index in [2.05, 4.69) is 16.8 Å². The first-order valence-electron chi connectivity index (χ1n) is 5.41. The van der Waals surface area contributed by atoms with Crippen LogP contribution < -0.4 is 5.73 Å². The van der Waals surface area contributed by atoms with Crippen LogP contribution in [0, 0.1) is 0 Å². The maximum atomic E-state index is 12.3. The Balaban J connectivity index is 3.11. The van der Waals surface area contributed by atoms with Gasteiger partial charge in [-0.05, 0) is 6.42 Å². The van der Waals surface area contributed by atoms with Crippen molar-refractivity contribution >= 4 is 10.0 Å². The second-order valence-corrected chi connectivity index (χ2v) is 5.45. The van der Waals surface area contributed by atoms with Gasteiger partial charge in [0.1, 0.15) is 0 Å². The predicted octanol–water partition coefficient (Wildman–Crippen LogP) is 0.455. The molecule has 0 aromatic carbocycles. The minimum Gasteiger partial charge on any atom is -0.326 e. The van der Waals surface area contributed by atoms with Crippen LogP contribution in [-0.4, -0.2) is 36.0 Å². The van der Waals surface area contributed by atoms with Crippen molar-refractivity contribution in [1.82, 2.24) is 14.5 Å². The third kappa shape index (κ3) is 2.93. The summed E-state index contributed by atoms with van der Waals surface area (Å²) in [6.45, 7) is 6.34. The van der Waals surface area contributed by atoms with E-state index in [1.807, 2.05) is 6.92 Å². The Morgan fingerprint density at radius 1 is 1.65 bits per heavy atom. The highest BCUT2D eigenvalue weighted by Crippen LogP contribution is 2.17. The molecule has 0 saturated heterocycles. The van der Waals surface area contributed by atoms with E-state index in [1.165, 1.54) is 10.5 Å². The van der Waals surface area contributed by atoms with Gasteiger partial charge in [0.15, 0.2) is 5.03 Å². The molecule has 1 heterocycles. The number of sulfonamides is 1. The molecule has 1 aromatic rings. The fraction of sp³-hybridized carbons (Fsp3) is 0.500. The van der Waals surface area contributed by atoms with Gasteiger partial charge >= 0.3 is 0 Å². The third-order valence-electron chi connectivity index (χ3n) is 2.30. The number of aromatic amines is 1. The number of hydrogen-bond donors (Lipinski definition) is 2. The molecular weight excluding hydrogens is 240 g/mol. The highest BCUT2D eigenvalue weighted by atomic mass is 32.2. The molecule has 0 unspecified atom stereocenters. The van der Waals surface area contributed by atoms with Crippen molar-refractivity contribution in [2.75, 3.05) is 13.1 Å². The summed E-state index contributed by atoms with van der Waals surface area (Å²) in [6, 6.07) is 0. The number of nitrogens with two attached hydrogens (primary N) is 1. The molecule has 1 aromatic heterocycles. The monoisotopic (exact) mass is 258 g/mol. The number of rotatable bonds is 7. The Labute approximate surface area is 102 Å². The summed E-state index contributed by atoms with van der Waals surface area (Å²) < 4.78 is 26.0. The molecular formula is C10H18N4O2S. The smallest absolute Gasteiger partial charge is 0.260 e. The summed E-state index contributed by atoms with van der Waals surface area (Å²) >= 11 is 0. The van der Waals surface area contributed by atoms with Crippen molar-refractivity contribution in [3.63, 3.8) is 0 Å². The summed E-state index contributed by atoms with van der Waals surface area (Å²) in [7, 11) is -3.56. The van der Waals surface area contributed by atoms with Gasteiger partial charge in [-0.1, -0.05) is 13.0 Å². The van der Waals surface area contributed by atoms with E-state index in [0.717, 1.165) is 6.42 Å². The molecule has 0 aliphatic carbocycles. The van der Waals surface area contributed by atoms with Gasteiger partial charge in [0.05, 0.1) is 6.20 Å². The Morgan fingerprint density at radius 3 is 2.88 bits per heavy atom. The fourth-order valence-corrected chi connectivity index (χ4v) is 3.12. The number of aromatic nitrogens is 2. The third-order valence-corrected chi connectivity index (χ3v) is 4.18. The zero-order chi connectivity index (χ0) is 12.9. The van der Waals surface area contributed by atoms with E-state index >= 15 is 0 Å². The van der Waals surface area contributed by atoms with E-state index in [9.17, 15) is 8.42 Å². The van der Waals surface area contributed by atoms with Gasteiger partial charge in [-0.15, -0.1) is 6.58 Å². The van der Waals surface area contributed by atoms with Gasteiger partial charge in [-0.25, -0.2) is 8.42 Å². The van der Waals surface area contributed by atoms with Crippen molar-refractivity contribution in [2.24, 2.45) is 5.73 Å². The standard InChI is InChI=1S/C10H18N4O2S/c1-3-5-14(6-4-2)17(15,16)10-9(7-11)8-12-13-10/h3,8H,1,4-7,11H2,2H3,(H,12,13). The molecule has 0 atom stereocenters. The van der Waals surface area contributed by atoms with E-state index in [0.29, 0.717) is 12.1 Å². The second kappa shape index (κ2) is 5.95. The van der Waals surface area contributed by atoms with Gasteiger partial charge in [0.25, 0.3) is 10.0 Å². The lowest BCUT2D eigenvalue weighted by molar-refractivity contribution is 0.438. The average Bonchev–Trinajstić information content (AvgIpc) is 2.77. The average molecular weight is 258 g/mol. The molecule has 0 spiro atoms. The highest BCUT2D eigenvalue weighted by molar-refractivity contribution is 7.89. The Kier molecular flexibility index (Phi) is 4.86. The largest absolute Gasteiger partial charge is 0.326 e. The summed E-state index contributed by atoms with van der Waals surface area (Å²) in [5, 5.41) is 6.30. The Hall–Kier alpha value is -1.18. The van der Waals surface area contributed by atoms with Crippen molar-refractivity contribution < 1.29 is 8.42 Å². The van der Waals surface area contributed by atoms with Crippen LogP contribution >= 0.6 is 0 Å². The van der Waals surface area contributed by atoms with Crippen LogP contribution in [0.3, 0.4) is 0 Å². The van der Waals surface area contributed by atoms with Crippen LogP contribution in [0.25, 0.3) is 0 Å². The normalized spacial score (nSPS) is 11.9. The zero-order valence-electron chi connectivity index (χ0n) is 9.89. The number of nitrogens with one attached hydrogen (secondary N) is 1. The van der Waals surface area contributed by atoms with Crippen molar-refractivity contribution in [3.05, 3.63) is 24.4 Å². The van der Waals surface area contributed by atoms with Gasteiger partial charge in [-0.2, -0.15) is 9.40 Å². The fourth-order valence-electron chi connectivity index (χ4n) is 1.50. The molecule has 3 N–H and O–H groups in total. The summed E-state index contributed by atoms with van der Waals surface area (Å²) in [5.74, 6) is 0. The van der Waals surface area contributed by atoms with Crippen LogP contribution in [-0.2, 0) is 16.6 Å². The molecule has 7 heteroatoms. The predicted molar refractivity (Wildman–Crippen MR) is 65.7 cm³/mol. The molecule has 0 bridgehead atoms. The Morgan fingerprint density at radius 2 is 2.35 bits per heavy atom. The lowest BCUT2D eigenvalue weighted by Crippen LogP contribution is -2.33. The molecule has 0 radical (unpaired) electrons. The molecule has 0 aliphatic rings. The molecule has 0 aliphatic heterocycles. The van der Waals surface area contributed by atoms with E-state index < -0.39 is 10.0 Å². The first-order valence-corrected chi connectivity index (χ1v) is 6.85. The van der Waals surface area contributed by atoms with E-state index in [-0.39, 0.29) is 18.1 Å². The molecule has 0 fully saturated rings. The van der Waals surface area contributed by atoms with E-state index in [1.54, 1.807) is 6.08 Å². The molecule has 17 heavy (non-hydrogen) atoms. The summed E-state index contributed by atoms with van der Waals surface area (Å²) in [5.41, 5.74) is 5.97. The lowest BCUT2D eigenvalue weighted by Gasteiger charge is -2.19. The van der Waals surface area contributed by atoms with Crippen molar-refractivity contribution in [3.8, 4) is 0 Å². The molecule has 1 rings (SSSR count). The number of nitrogens with zero attached hydrogens (tertiary/aromatic N) is 2. The SMILES string of the molecule is C=CCN(CCC)S(=O)(=O)c1[nH]ncc1CN.